The van der Waals surface area contributed by atoms with Gasteiger partial charge in [-0.3, -0.25) is 0 Å². The number of benzene rings is 3. The van der Waals surface area contributed by atoms with Gasteiger partial charge in [0, 0.05) is 21.5 Å². The Morgan fingerprint density at radius 2 is 0.950 bits per heavy atom. The van der Waals surface area contributed by atoms with Gasteiger partial charge >= 0.3 is 11.9 Å². The number of fused-ring (bicyclic) bond motifs is 2. The second-order valence-corrected chi connectivity index (χ2v) is 10.6. The molecule has 0 atom stereocenters. The number of esters is 2. The van der Waals surface area contributed by atoms with Crippen LogP contribution in [0.3, 0.4) is 0 Å². The molecule has 0 N–H and O–H groups in total. The summed E-state index contributed by atoms with van der Waals surface area (Å²) in [4.78, 5) is 25.0. The zero-order valence-corrected chi connectivity index (χ0v) is 24.8. The molecule has 3 rings (SSSR count). The lowest BCUT2D eigenvalue weighted by atomic mass is 9.98. The van der Waals surface area contributed by atoms with E-state index < -0.39 is 0 Å². The van der Waals surface area contributed by atoms with Crippen LogP contribution < -0.4 is 9.47 Å². The molecule has 0 spiro atoms. The molecule has 0 saturated carbocycles. The van der Waals surface area contributed by atoms with Crippen molar-refractivity contribution in [1.82, 2.24) is 0 Å². The van der Waals surface area contributed by atoms with Gasteiger partial charge in [-0.15, -0.1) is 0 Å². The molecule has 0 aromatic heterocycles. The highest BCUT2D eigenvalue weighted by Crippen LogP contribution is 2.43. The summed E-state index contributed by atoms with van der Waals surface area (Å²) in [5, 5.41) is 3.27. The number of rotatable bonds is 18. The molecule has 6 heteroatoms. The Balaban J connectivity index is 1.76. The largest absolute Gasteiger partial charge is 0.481 e. The lowest BCUT2D eigenvalue weighted by molar-refractivity contribution is -0.147. The van der Waals surface area contributed by atoms with Crippen molar-refractivity contribution >= 4 is 33.5 Å². The maximum absolute atomic E-state index is 12.5. The Labute approximate surface area is 239 Å². The van der Waals surface area contributed by atoms with Crippen LogP contribution >= 0.6 is 0 Å². The topological polar surface area (TPSA) is 71.1 Å². The monoisotopic (exact) mass is 550 g/mol. The molecule has 0 heterocycles. The van der Waals surface area contributed by atoms with Crippen LogP contribution in [0.4, 0.5) is 0 Å². The van der Waals surface area contributed by atoms with Gasteiger partial charge in [0.1, 0.15) is 11.5 Å². The van der Waals surface area contributed by atoms with E-state index in [0.717, 1.165) is 71.2 Å². The number of ether oxygens (including phenoxy) is 4. The van der Waals surface area contributed by atoms with E-state index in [2.05, 4.69) is 13.8 Å². The summed E-state index contributed by atoms with van der Waals surface area (Å²) in [5.41, 5.74) is 2.10. The van der Waals surface area contributed by atoms with E-state index >= 15 is 0 Å². The fraction of sp³-hybridized carbons (Fsp3) is 0.529. The molecule has 40 heavy (non-hydrogen) atoms. The van der Waals surface area contributed by atoms with E-state index in [0.29, 0.717) is 24.7 Å². The van der Waals surface area contributed by atoms with Crippen molar-refractivity contribution in [2.45, 2.75) is 91.9 Å². The van der Waals surface area contributed by atoms with Crippen molar-refractivity contribution in [3.8, 4) is 11.5 Å². The van der Waals surface area contributed by atoms with E-state index in [1.54, 1.807) is 0 Å². The van der Waals surface area contributed by atoms with Crippen LogP contribution in [0.15, 0.2) is 36.4 Å². The Morgan fingerprint density at radius 3 is 1.38 bits per heavy atom. The number of aryl methyl sites for hydroxylation is 2. The maximum atomic E-state index is 12.5. The van der Waals surface area contributed by atoms with Gasteiger partial charge in [0.2, 0.25) is 0 Å². The third kappa shape index (κ3) is 9.42. The normalized spacial score (nSPS) is 11.1. The summed E-state index contributed by atoms with van der Waals surface area (Å²) in [7, 11) is 0. The molecule has 0 aliphatic rings. The summed E-state index contributed by atoms with van der Waals surface area (Å²) >= 11 is 0. The van der Waals surface area contributed by atoms with E-state index in [1.165, 1.54) is 25.7 Å². The van der Waals surface area contributed by atoms with Crippen LogP contribution in [0, 0.1) is 13.8 Å². The van der Waals surface area contributed by atoms with E-state index in [1.807, 2.05) is 50.2 Å². The van der Waals surface area contributed by atoms with Gasteiger partial charge in [-0.05, 0) is 38.8 Å². The maximum Gasteiger partial charge on any atom is 0.344 e. The van der Waals surface area contributed by atoms with Gasteiger partial charge in [-0.1, -0.05) is 101 Å². The SMILES string of the molecule is CCCCCCCOC(=O)COc1c2ccc(C)cc2c(OCC(=O)OCCCCCCC)c2cc(C)ccc12. The standard InChI is InChI=1S/C34H46O6/c1-5-7-9-11-13-19-37-31(35)23-39-33-27-17-15-25(3)21-29(27)34(30-22-26(4)16-18-28(30)33)40-24-32(36)38-20-14-12-10-8-6-2/h15-18,21-22H,5-14,19-20,23-24H2,1-4H3. The molecule has 0 aliphatic carbocycles. The Bertz CT molecular complexity index is 1190. The zero-order chi connectivity index (χ0) is 28.7. The Morgan fingerprint density at radius 1 is 0.550 bits per heavy atom. The molecular formula is C34H46O6. The molecule has 0 saturated heterocycles. The van der Waals surface area contributed by atoms with Crippen LogP contribution in [0.25, 0.3) is 21.5 Å². The minimum Gasteiger partial charge on any atom is -0.481 e. The van der Waals surface area contributed by atoms with Crippen LogP contribution in [0.2, 0.25) is 0 Å². The van der Waals surface area contributed by atoms with Crippen LogP contribution in [0.1, 0.15) is 89.2 Å². The quantitative estimate of drug-likeness (QED) is 0.0900. The van der Waals surface area contributed by atoms with Gasteiger partial charge in [-0.25, -0.2) is 9.59 Å². The van der Waals surface area contributed by atoms with E-state index in [-0.39, 0.29) is 25.2 Å². The highest BCUT2D eigenvalue weighted by atomic mass is 16.6. The first-order chi connectivity index (χ1) is 19.4. The van der Waals surface area contributed by atoms with Gasteiger partial charge < -0.3 is 18.9 Å². The summed E-state index contributed by atoms with van der Waals surface area (Å²) < 4.78 is 23.1. The first-order valence-corrected chi connectivity index (χ1v) is 15.0. The van der Waals surface area contributed by atoms with E-state index in [9.17, 15) is 9.59 Å². The second kappa shape index (κ2) is 16.7. The second-order valence-electron chi connectivity index (χ2n) is 10.6. The number of carbonyl (C=O) groups is 2. The number of hydrogen-bond acceptors (Lipinski definition) is 6. The average molecular weight is 551 g/mol. The van der Waals surface area contributed by atoms with Gasteiger partial charge in [-0.2, -0.15) is 0 Å². The van der Waals surface area contributed by atoms with Gasteiger partial charge in [0.05, 0.1) is 13.2 Å². The smallest absolute Gasteiger partial charge is 0.344 e. The predicted molar refractivity (Wildman–Crippen MR) is 161 cm³/mol. The molecule has 0 amide bonds. The first-order valence-electron chi connectivity index (χ1n) is 15.0. The molecular weight excluding hydrogens is 504 g/mol. The summed E-state index contributed by atoms with van der Waals surface area (Å²) in [5.74, 6) is 0.454. The molecule has 0 fully saturated rings. The van der Waals surface area contributed by atoms with E-state index in [4.69, 9.17) is 18.9 Å². The fourth-order valence-corrected chi connectivity index (χ4v) is 4.82. The van der Waals surface area contributed by atoms with Crippen molar-refractivity contribution in [1.29, 1.82) is 0 Å². The molecule has 3 aromatic rings. The Hall–Kier alpha value is -3.28. The fourth-order valence-electron chi connectivity index (χ4n) is 4.82. The van der Waals surface area contributed by atoms with Crippen molar-refractivity contribution in [2.24, 2.45) is 0 Å². The van der Waals surface area contributed by atoms with Crippen molar-refractivity contribution in [3.63, 3.8) is 0 Å². The summed E-state index contributed by atoms with van der Waals surface area (Å²) in [6.45, 7) is 8.84. The number of unbranched alkanes of at least 4 members (excludes halogenated alkanes) is 8. The lowest BCUT2D eigenvalue weighted by Crippen LogP contribution is -2.17. The van der Waals surface area contributed by atoms with Gasteiger partial charge in [0.25, 0.3) is 0 Å². The molecule has 3 aromatic carbocycles. The van der Waals surface area contributed by atoms with Gasteiger partial charge in [0.15, 0.2) is 13.2 Å². The molecule has 0 unspecified atom stereocenters. The Kier molecular flexibility index (Phi) is 13.1. The predicted octanol–water partition coefficient (Wildman–Crippen LogP) is 8.39. The summed E-state index contributed by atoms with van der Waals surface area (Å²) in [6, 6.07) is 12.0. The van der Waals surface area contributed by atoms with Crippen molar-refractivity contribution in [2.75, 3.05) is 26.4 Å². The zero-order valence-electron chi connectivity index (χ0n) is 24.8. The third-order valence-electron chi connectivity index (χ3n) is 7.02. The molecule has 6 nitrogen and oxygen atoms in total. The minimum atomic E-state index is -0.381. The lowest BCUT2D eigenvalue weighted by Gasteiger charge is -2.18. The molecule has 0 radical (unpaired) electrons. The summed E-state index contributed by atoms with van der Waals surface area (Å²) in [6.07, 6.45) is 10.9. The highest BCUT2D eigenvalue weighted by molar-refractivity contribution is 6.11. The van der Waals surface area contributed by atoms with Crippen molar-refractivity contribution < 1.29 is 28.5 Å². The average Bonchev–Trinajstić information content (AvgIpc) is 2.94. The molecule has 0 aliphatic heterocycles. The number of carbonyl (C=O) groups excluding carboxylic acids is 2. The first kappa shape index (κ1) is 31.3. The van der Waals surface area contributed by atoms with Crippen LogP contribution in [0.5, 0.6) is 11.5 Å². The third-order valence-corrected chi connectivity index (χ3v) is 7.02. The van der Waals surface area contributed by atoms with Crippen LogP contribution in [-0.4, -0.2) is 38.4 Å². The number of hydrogen-bond donors (Lipinski definition) is 0. The highest BCUT2D eigenvalue weighted by Gasteiger charge is 2.19. The molecule has 0 bridgehead atoms. The molecule has 218 valence electrons. The van der Waals surface area contributed by atoms with Crippen LogP contribution in [-0.2, 0) is 19.1 Å². The minimum absolute atomic E-state index is 0.175. The van der Waals surface area contributed by atoms with Crippen molar-refractivity contribution in [3.05, 3.63) is 47.5 Å².